The zero-order chi connectivity index (χ0) is 48.4. The second-order valence-electron chi connectivity index (χ2n) is 22.6. The highest BCUT2D eigenvalue weighted by molar-refractivity contribution is 5.42. The van der Waals surface area contributed by atoms with E-state index in [9.17, 15) is 0 Å². The SMILES string of the molecule is CCCCCCCC1C2=CC(CCCCC)C(CCCCC)CC2C=CC1CCCCCC.CCCCCCCCc1c(CCCCCC)ccc(CCCCCCC)c1CCCCCCC. The third-order valence-electron chi connectivity index (χ3n) is 16.6. The van der Waals surface area contributed by atoms with Gasteiger partial charge in [-0.1, -0.05) is 290 Å². The molecule has 0 radical (unpaired) electrons. The standard InChI is InChI=1S/C34H62.C33H60/c1-5-9-13-17-20-24-28-34-31(25-21-16-12-8-4)29-30-32(26-22-18-14-10-6-2)33(34)27-23-19-15-11-7-3;1-5-9-13-15-19-23-32-28(20-18-14-10-6-2)24-25-31-26-29(21-16-11-7-3)30(27-33(31)32)22-17-12-8-4/h29-30H,5-28H2,1-4H3;24-25,27-32H,5-23,26H2,1-4H3. The van der Waals surface area contributed by atoms with E-state index in [1.807, 2.05) is 5.57 Å². The van der Waals surface area contributed by atoms with Gasteiger partial charge in [0.2, 0.25) is 0 Å². The summed E-state index contributed by atoms with van der Waals surface area (Å²) < 4.78 is 0. The Morgan fingerprint density at radius 2 is 0.672 bits per heavy atom. The van der Waals surface area contributed by atoms with Crippen LogP contribution in [-0.4, -0.2) is 0 Å². The van der Waals surface area contributed by atoms with Crippen LogP contribution in [0.1, 0.15) is 334 Å². The lowest BCUT2D eigenvalue weighted by Crippen LogP contribution is -2.31. The van der Waals surface area contributed by atoms with Gasteiger partial charge < -0.3 is 0 Å². The zero-order valence-corrected chi connectivity index (χ0v) is 47.4. The van der Waals surface area contributed by atoms with Crippen LogP contribution >= 0.6 is 0 Å². The van der Waals surface area contributed by atoms with Gasteiger partial charge in [0.05, 0.1) is 0 Å². The van der Waals surface area contributed by atoms with Gasteiger partial charge in [0.25, 0.3) is 0 Å². The molecule has 0 aromatic heterocycles. The predicted molar refractivity (Wildman–Crippen MR) is 306 cm³/mol. The molecule has 0 heterocycles. The molecule has 1 aromatic rings. The second-order valence-corrected chi connectivity index (χ2v) is 22.6. The highest BCUT2D eigenvalue weighted by Crippen LogP contribution is 2.48. The molecule has 0 saturated carbocycles. The van der Waals surface area contributed by atoms with Crippen molar-refractivity contribution in [2.24, 2.45) is 29.6 Å². The zero-order valence-electron chi connectivity index (χ0n) is 47.4. The first kappa shape index (κ1) is 61.8. The molecule has 390 valence electrons. The quantitative estimate of drug-likeness (QED) is 0.0452. The summed E-state index contributed by atoms with van der Waals surface area (Å²) in [6.07, 6.45) is 70.0. The van der Waals surface area contributed by atoms with Gasteiger partial charge in [-0.05, 0) is 135 Å². The Kier molecular flexibility index (Phi) is 40.1. The third-order valence-corrected chi connectivity index (χ3v) is 16.6. The maximum absolute atomic E-state index is 2.89. The van der Waals surface area contributed by atoms with Gasteiger partial charge in [-0.3, -0.25) is 0 Å². The minimum Gasteiger partial charge on any atom is -0.0842 e. The molecule has 0 bridgehead atoms. The molecule has 0 fully saturated rings. The van der Waals surface area contributed by atoms with Crippen molar-refractivity contribution in [3.63, 3.8) is 0 Å². The molecule has 0 saturated heterocycles. The summed E-state index contributed by atoms with van der Waals surface area (Å²) in [5.41, 5.74) is 8.93. The van der Waals surface area contributed by atoms with Crippen molar-refractivity contribution in [1.82, 2.24) is 0 Å². The number of benzene rings is 1. The number of hydrogen-bond donors (Lipinski definition) is 0. The van der Waals surface area contributed by atoms with Crippen molar-refractivity contribution in [3.8, 4) is 0 Å². The number of unbranched alkanes of at least 4 members (excludes halogenated alkanes) is 27. The van der Waals surface area contributed by atoms with E-state index in [-0.39, 0.29) is 0 Å². The molecular formula is C67H122. The van der Waals surface area contributed by atoms with E-state index in [0.29, 0.717) is 0 Å². The van der Waals surface area contributed by atoms with E-state index in [1.54, 1.807) is 22.3 Å². The van der Waals surface area contributed by atoms with Crippen molar-refractivity contribution in [2.45, 2.75) is 338 Å². The van der Waals surface area contributed by atoms with E-state index in [4.69, 9.17) is 0 Å². The summed E-state index contributed by atoms with van der Waals surface area (Å²) in [4.78, 5) is 0. The highest BCUT2D eigenvalue weighted by atomic mass is 14.4. The maximum atomic E-state index is 2.89. The lowest BCUT2D eigenvalue weighted by atomic mass is 9.62. The number of aryl methyl sites for hydroxylation is 2. The molecule has 0 nitrogen and oxygen atoms in total. The molecule has 3 rings (SSSR count). The fraction of sp³-hybridized carbons (Fsp3) is 0.851. The minimum absolute atomic E-state index is 0.770. The van der Waals surface area contributed by atoms with Crippen molar-refractivity contribution in [3.05, 3.63) is 58.2 Å². The van der Waals surface area contributed by atoms with Crippen LogP contribution in [0.2, 0.25) is 0 Å². The Bertz CT molecular complexity index is 1300. The molecule has 67 heavy (non-hydrogen) atoms. The lowest BCUT2D eigenvalue weighted by Gasteiger charge is -2.42. The Morgan fingerprint density at radius 3 is 1.16 bits per heavy atom. The predicted octanol–water partition coefficient (Wildman–Crippen LogP) is 23.2. The molecule has 0 heteroatoms. The van der Waals surface area contributed by atoms with E-state index in [1.165, 1.54) is 283 Å². The van der Waals surface area contributed by atoms with E-state index in [2.05, 4.69) is 85.8 Å². The molecule has 1 aromatic carbocycles. The van der Waals surface area contributed by atoms with Crippen LogP contribution in [-0.2, 0) is 25.7 Å². The van der Waals surface area contributed by atoms with Crippen LogP contribution < -0.4 is 0 Å². The topological polar surface area (TPSA) is 0 Å². The normalized spacial score (nSPS) is 19.0. The van der Waals surface area contributed by atoms with E-state index in [0.717, 1.165) is 29.6 Å². The largest absolute Gasteiger partial charge is 0.0842 e. The minimum atomic E-state index is 0.770. The molecular weight excluding hydrogens is 805 g/mol. The van der Waals surface area contributed by atoms with Gasteiger partial charge >= 0.3 is 0 Å². The Labute approximate surface area is 423 Å². The summed E-state index contributed by atoms with van der Waals surface area (Å²) >= 11 is 0. The average Bonchev–Trinajstić information content (AvgIpc) is 3.34. The Morgan fingerprint density at radius 1 is 0.328 bits per heavy atom. The van der Waals surface area contributed by atoms with Crippen molar-refractivity contribution in [1.29, 1.82) is 0 Å². The van der Waals surface area contributed by atoms with Crippen molar-refractivity contribution in [2.75, 3.05) is 0 Å². The molecule has 2 aliphatic carbocycles. The maximum Gasteiger partial charge on any atom is -0.00172 e. The summed E-state index contributed by atoms with van der Waals surface area (Å²) in [6, 6.07) is 5.11. The van der Waals surface area contributed by atoms with Gasteiger partial charge in [0.1, 0.15) is 0 Å². The number of rotatable bonds is 43. The van der Waals surface area contributed by atoms with E-state index >= 15 is 0 Å². The molecule has 0 N–H and O–H groups in total. The Balaban J connectivity index is 0.000000460. The molecule has 2 aliphatic rings. The Hall–Kier alpha value is -1.30. The smallest absolute Gasteiger partial charge is 0.00172 e. The average molecular weight is 928 g/mol. The molecule has 5 atom stereocenters. The number of hydrogen-bond acceptors (Lipinski definition) is 0. The lowest BCUT2D eigenvalue weighted by molar-refractivity contribution is 0.241. The van der Waals surface area contributed by atoms with Gasteiger partial charge in [0, 0.05) is 0 Å². The second kappa shape index (κ2) is 43.5. The van der Waals surface area contributed by atoms with Gasteiger partial charge in [0.15, 0.2) is 0 Å². The van der Waals surface area contributed by atoms with Crippen molar-refractivity contribution < 1.29 is 0 Å². The van der Waals surface area contributed by atoms with Crippen molar-refractivity contribution >= 4 is 0 Å². The van der Waals surface area contributed by atoms with Crippen LogP contribution in [0, 0.1) is 29.6 Å². The van der Waals surface area contributed by atoms with Gasteiger partial charge in [-0.15, -0.1) is 0 Å². The van der Waals surface area contributed by atoms with Crippen LogP contribution in [0.25, 0.3) is 0 Å². The molecule has 0 aliphatic heterocycles. The van der Waals surface area contributed by atoms with E-state index < -0.39 is 0 Å². The first-order valence-electron chi connectivity index (χ1n) is 31.5. The fourth-order valence-electron chi connectivity index (χ4n) is 12.3. The monoisotopic (exact) mass is 927 g/mol. The summed E-state index contributed by atoms with van der Waals surface area (Å²) in [5, 5.41) is 0. The van der Waals surface area contributed by atoms with Crippen LogP contribution in [0.4, 0.5) is 0 Å². The third kappa shape index (κ3) is 27.8. The summed E-state index contributed by atoms with van der Waals surface area (Å²) in [5.74, 6) is 4.26. The number of fused-ring (bicyclic) bond motifs is 1. The molecule has 0 amide bonds. The number of allylic oxidation sites excluding steroid dienone is 4. The highest BCUT2D eigenvalue weighted by Gasteiger charge is 2.37. The van der Waals surface area contributed by atoms with Crippen LogP contribution in [0.3, 0.4) is 0 Å². The first-order chi connectivity index (χ1) is 33.0. The molecule has 0 spiro atoms. The van der Waals surface area contributed by atoms with Crippen LogP contribution in [0.15, 0.2) is 35.9 Å². The fourth-order valence-corrected chi connectivity index (χ4v) is 12.3. The van der Waals surface area contributed by atoms with Crippen LogP contribution in [0.5, 0.6) is 0 Å². The molecule has 5 unspecified atom stereocenters. The van der Waals surface area contributed by atoms with Gasteiger partial charge in [-0.25, -0.2) is 0 Å². The summed E-state index contributed by atoms with van der Waals surface area (Å²) in [7, 11) is 0. The summed E-state index contributed by atoms with van der Waals surface area (Å²) in [6.45, 7) is 18.7. The first-order valence-corrected chi connectivity index (χ1v) is 31.5. The van der Waals surface area contributed by atoms with Gasteiger partial charge in [-0.2, -0.15) is 0 Å².